The molecule has 1 N–H and O–H groups in total. The zero-order valence-electron chi connectivity index (χ0n) is 10.1. The number of anilines is 1. The molecule has 0 spiro atoms. The predicted molar refractivity (Wildman–Crippen MR) is 78.2 cm³/mol. The van der Waals surface area contributed by atoms with Gasteiger partial charge in [0.05, 0.1) is 9.50 Å². The Kier molecular flexibility index (Phi) is 4.95. The average Bonchev–Trinajstić information content (AvgIpc) is 2.35. The van der Waals surface area contributed by atoms with E-state index in [-0.39, 0.29) is 28.0 Å². The molecule has 0 unspecified atom stereocenters. The Balaban J connectivity index is 2.32. The standard InChI is InChI=1S/C11H8BrCl2FN4O/c1-2-16-10-17-9(14)18-11(19-10)20-8-4-7(15)6(13)3-5(8)12/h3-4H,2H2,1H3,(H,16,17,18,19). The highest BCUT2D eigenvalue weighted by Gasteiger charge is 2.12. The fourth-order valence-electron chi connectivity index (χ4n) is 1.30. The number of rotatable bonds is 4. The van der Waals surface area contributed by atoms with Crippen LogP contribution in [0, 0.1) is 5.82 Å². The highest BCUT2D eigenvalue weighted by Crippen LogP contribution is 2.33. The first-order chi connectivity index (χ1) is 9.49. The lowest BCUT2D eigenvalue weighted by Gasteiger charge is -2.08. The quantitative estimate of drug-likeness (QED) is 0.800. The van der Waals surface area contributed by atoms with Gasteiger partial charge in [-0.2, -0.15) is 15.0 Å². The lowest BCUT2D eigenvalue weighted by molar-refractivity contribution is 0.434. The molecule has 0 bridgehead atoms. The Morgan fingerprint density at radius 3 is 2.75 bits per heavy atom. The molecule has 0 amide bonds. The number of hydrogen-bond acceptors (Lipinski definition) is 5. The molecule has 20 heavy (non-hydrogen) atoms. The summed E-state index contributed by atoms with van der Waals surface area (Å²) >= 11 is 14.6. The molecule has 0 aliphatic heterocycles. The van der Waals surface area contributed by atoms with E-state index >= 15 is 0 Å². The largest absolute Gasteiger partial charge is 0.423 e. The third-order valence-electron chi connectivity index (χ3n) is 2.10. The number of nitrogens with one attached hydrogen (secondary N) is 1. The van der Waals surface area contributed by atoms with Gasteiger partial charge in [0, 0.05) is 12.6 Å². The molecule has 9 heteroatoms. The Morgan fingerprint density at radius 2 is 2.05 bits per heavy atom. The first-order valence-electron chi connectivity index (χ1n) is 5.47. The third-order valence-corrected chi connectivity index (χ3v) is 3.18. The molecular formula is C11H8BrCl2FN4O. The maximum atomic E-state index is 13.4. The van der Waals surface area contributed by atoms with Gasteiger partial charge in [0.25, 0.3) is 0 Å². The van der Waals surface area contributed by atoms with Crippen molar-refractivity contribution in [3.05, 3.63) is 32.7 Å². The van der Waals surface area contributed by atoms with Crippen LogP contribution >= 0.6 is 39.1 Å². The topological polar surface area (TPSA) is 59.9 Å². The molecule has 1 aromatic carbocycles. The summed E-state index contributed by atoms with van der Waals surface area (Å²) in [7, 11) is 0. The van der Waals surface area contributed by atoms with E-state index in [1.165, 1.54) is 6.07 Å². The van der Waals surface area contributed by atoms with Gasteiger partial charge in [0.2, 0.25) is 11.2 Å². The van der Waals surface area contributed by atoms with Crippen LogP contribution in [-0.2, 0) is 0 Å². The first kappa shape index (κ1) is 15.2. The van der Waals surface area contributed by atoms with Crippen molar-refractivity contribution in [1.29, 1.82) is 0 Å². The van der Waals surface area contributed by atoms with Crippen LogP contribution in [0.2, 0.25) is 10.3 Å². The van der Waals surface area contributed by atoms with Gasteiger partial charge in [-0.25, -0.2) is 4.39 Å². The summed E-state index contributed by atoms with van der Waals surface area (Å²) in [5.41, 5.74) is 0. The minimum Gasteiger partial charge on any atom is -0.423 e. The summed E-state index contributed by atoms with van der Waals surface area (Å²) in [6.45, 7) is 2.49. The molecule has 1 heterocycles. The van der Waals surface area contributed by atoms with E-state index in [4.69, 9.17) is 27.9 Å². The molecule has 0 atom stereocenters. The van der Waals surface area contributed by atoms with Crippen LogP contribution < -0.4 is 10.1 Å². The van der Waals surface area contributed by atoms with Crippen molar-refractivity contribution in [2.75, 3.05) is 11.9 Å². The van der Waals surface area contributed by atoms with Crippen LogP contribution in [0.1, 0.15) is 6.92 Å². The number of hydrogen-bond donors (Lipinski definition) is 1. The number of ether oxygens (including phenoxy) is 1. The van der Waals surface area contributed by atoms with E-state index in [9.17, 15) is 4.39 Å². The van der Waals surface area contributed by atoms with Gasteiger partial charge in [-0.3, -0.25) is 0 Å². The predicted octanol–water partition coefficient (Wildman–Crippen LogP) is 4.30. The zero-order valence-corrected chi connectivity index (χ0v) is 13.2. The van der Waals surface area contributed by atoms with Crippen molar-refractivity contribution in [3.8, 4) is 11.8 Å². The monoisotopic (exact) mass is 380 g/mol. The van der Waals surface area contributed by atoms with Gasteiger partial charge in [0.1, 0.15) is 11.6 Å². The molecule has 0 fully saturated rings. The van der Waals surface area contributed by atoms with Crippen molar-refractivity contribution < 1.29 is 9.13 Å². The molecule has 106 valence electrons. The van der Waals surface area contributed by atoms with E-state index in [0.29, 0.717) is 11.0 Å². The lowest BCUT2D eigenvalue weighted by atomic mass is 10.3. The molecule has 0 radical (unpaired) electrons. The summed E-state index contributed by atoms with van der Waals surface area (Å²) in [5.74, 6) is -0.165. The molecule has 0 aliphatic carbocycles. The SMILES string of the molecule is CCNc1nc(Cl)nc(Oc2cc(F)c(Cl)cc2Br)n1. The molecule has 2 aromatic rings. The lowest BCUT2D eigenvalue weighted by Crippen LogP contribution is -2.05. The minimum atomic E-state index is -0.614. The summed E-state index contributed by atoms with van der Waals surface area (Å²) in [5, 5.41) is 2.82. The number of aromatic nitrogens is 3. The zero-order chi connectivity index (χ0) is 14.7. The van der Waals surface area contributed by atoms with Crippen molar-refractivity contribution in [1.82, 2.24) is 15.0 Å². The van der Waals surface area contributed by atoms with Gasteiger partial charge in [-0.1, -0.05) is 11.6 Å². The van der Waals surface area contributed by atoms with E-state index in [1.54, 1.807) is 0 Å². The van der Waals surface area contributed by atoms with Crippen LogP contribution in [0.4, 0.5) is 10.3 Å². The van der Waals surface area contributed by atoms with Crippen LogP contribution in [0.15, 0.2) is 16.6 Å². The van der Waals surface area contributed by atoms with E-state index in [1.807, 2.05) is 6.92 Å². The molecule has 1 aromatic heterocycles. The Morgan fingerprint density at radius 1 is 1.30 bits per heavy atom. The molecule has 0 saturated carbocycles. The van der Waals surface area contributed by atoms with Crippen LogP contribution in [0.5, 0.6) is 11.8 Å². The third kappa shape index (κ3) is 3.68. The molecule has 0 saturated heterocycles. The van der Waals surface area contributed by atoms with Crippen molar-refractivity contribution in [2.45, 2.75) is 6.92 Å². The normalized spacial score (nSPS) is 10.4. The van der Waals surface area contributed by atoms with Gasteiger partial charge >= 0.3 is 6.01 Å². The van der Waals surface area contributed by atoms with Crippen molar-refractivity contribution in [2.24, 2.45) is 0 Å². The van der Waals surface area contributed by atoms with E-state index in [2.05, 4.69) is 36.2 Å². The second-order valence-electron chi connectivity index (χ2n) is 3.54. The summed E-state index contributed by atoms with van der Waals surface area (Å²) < 4.78 is 19.3. The number of halogens is 4. The van der Waals surface area contributed by atoms with E-state index in [0.717, 1.165) is 6.07 Å². The summed E-state index contributed by atoms with van der Waals surface area (Å²) in [6.07, 6.45) is 0. The molecular weight excluding hydrogens is 374 g/mol. The summed E-state index contributed by atoms with van der Waals surface area (Å²) in [4.78, 5) is 11.7. The second-order valence-corrected chi connectivity index (χ2v) is 5.14. The molecule has 2 rings (SSSR count). The fraction of sp³-hybridized carbons (Fsp3) is 0.182. The van der Waals surface area contributed by atoms with Crippen molar-refractivity contribution in [3.63, 3.8) is 0 Å². The van der Waals surface area contributed by atoms with Crippen LogP contribution in [0.3, 0.4) is 0 Å². The van der Waals surface area contributed by atoms with Crippen molar-refractivity contribution >= 4 is 45.1 Å². The van der Waals surface area contributed by atoms with Gasteiger partial charge in [-0.15, -0.1) is 0 Å². The van der Waals surface area contributed by atoms with E-state index < -0.39 is 5.82 Å². The highest BCUT2D eigenvalue weighted by molar-refractivity contribution is 9.10. The maximum Gasteiger partial charge on any atom is 0.328 e. The second kappa shape index (κ2) is 6.51. The molecule has 5 nitrogen and oxygen atoms in total. The first-order valence-corrected chi connectivity index (χ1v) is 7.02. The Hall–Kier alpha value is -1.18. The molecule has 0 aliphatic rings. The average molecular weight is 382 g/mol. The van der Waals surface area contributed by atoms with Crippen LogP contribution in [0.25, 0.3) is 0 Å². The highest BCUT2D eigenvalue weighted by atomic mass is 79.9. The number of nitrogens with zero attached hydrogens (tertiary/aromatic N) is 3. The Labute approximate surface area is 132 Å². The minimum absolute atomic E-state index is 0.0220. The van der Waals surface area contributed by atoms with Gasteiger partial charge in [0.15, 0.2) is 0 Å². The van der Waals surface area contributed by atoms with Gasteiger partial charge in [-0.05, 0) is 40.5 Å². The number of benzene rings is 1. The Bertz CT molecular complexity index is 644. The van der Waals surface area contributed by atoms with Crippen LogP contribution in [-0.4, -0.2) is 21.5 Å². The maximum absolute atomic E-state index is 13.4. The van der Waals surface area contributed by atoms with Gasteiger partial charge < -0.3 is 10.1 Å². The summed E-state index contributed by atoms with van der Waals surface area (Å²) in [6, 6.07) is 2.44. The fourth-order valence-corrected chi connectivity index (χ4v) is 2.17. The smallest absolute Gasteiger partial charge is 0.328 e.